The Morgan fingerprint density at radius 2 is 2.13 bits per heavy atom. The van der Waals surface area contributed by atoms with E-state index in [1.54, 1.807) is 6.33 Å². The molecule has 5 rings (SSSR count). The van der Waals surface area contributed by atoms with Crippen molar-refractivity contribution in [2.75, 3.05) is 0 Å². The largest absolute Gasteiger partial charge is 0.300 e. The number of nitrogens with zero attached hydrogens (tertiary/aromatic N) is 5. The maximum absolute atomic E-state index is 6.19. The van der Waals surface area contributed by atoms with E-state index in [9.17, 15) is 0 Å². The number of imidazole rings is 1. The molecule has 3 aromatic rings. The van der Waals surface area contributed by atoms with Gasteiger partial charge < -0.3 is 0 Å². The molecule has 0 radical (unpaired) electrons. The van der Waals surface area contributed by atoms with E-state index >= 15 is 0 Å². The highest BCUT2D eigenvalue weighted by Crippen LogP contribution is 2.34. The van der Waals surface area contributed by atoms with Crippen molar-refractivity contribution in [3.8, 4) is 17.1 Å². The molecule has 2 aromatic heterocycles. The second-order valence-corrected chi connectivity index (χ2v) is 6.48. The van der Waals surface area contributed by atoms with Crippen molar-refractivity contribution in [1.29, 1.82) is 0 Å². The molecule has 0 saturated heterocycles. The topological polar surface area (TPSA) is 48.5 Å². The molecule has 1 fully saturated rings. The lowest BCUT2D eigenvalue weighted by Crippen LogP contribution is -2.05. The van der Waals surface area contributed by atoms with Crippen molar-refractivity contribution in [3.63, 3.8) is 0 Å². The highest BCUT2D eigenvalue weighted by Gasteiger charge is 2.23. The number of hydrogen-bond acceptors (Lipinski definition) is 3. The third-order valence-corrected chi connectivity index (χ3v) is 4.66. The Morgan fingerprint density at radius 1 is 1.22 bits per heavy atom. The normalized spacial score (nSPS) is 16.0. The fourth-order valence-electron chi connectivity index (χ4n) is 3.04. The van der Waals surface area contributed by atoms with Gasteiger partial charge in [0.1, 0.15) is 12.7 Å². The van der Waals surface area contributed by atoms with Crippen molar-refractivity contribution >= 4 is 17.7 Å². The van der Waals surface area contributed by atoms with Gasteiger partial charge in [-0.1, -0.05) is 17.7 Å². The molecule has 0 unspecified atom stereocenters. The number of fused-ring (bicyclic) bond motifs is 5. The zero-order chi connectivity index (χ0) is 15.4. The number of benzene rings is 1. The van der Waals surface area contributed by atoms with E-state index in [-0.39, 0.29) is 0 Å². The zero-order valence-corrected chi connectivity index (χ0v) is 13.1. The van der Waals surface area contributed by atoms with Crippen LogP contribution in [0.15, 0.2) is 36.9 Å². The first-order valence-corrected chi connectivity index (χ1v) is 8.10. The Kier molecular flexibility index (Phi) is 2.73. The second kappa shape index (κ2) is 4.80. The van der Waals surface area contributed by atoms with E-state index in [0.29, 0.717) is 11.6 Å². The summed E-state index contributed by atoms with van der Waals surface area (Å²) in [5.41, 5.74) is 4.13. The fraction of sp³-hybridized carbons (Fsp3) is 0.235. The highest BCUT2D eigenvalue weighted by molar-refractivity contribution is 6.31. The summed E-state index contributed by atoms with van der Waals surface area (Å²) < 4.78 is 4.03. The molecule has 2 aliphatic rings. The lowest BCUT2D eigenvalue weighted by molar-refractivity contribution is 0.676. The summed E-state index contributed by atoms with van der Waals surface area (Å²) in [6.45, 7) is 0.645. The third kappa shape index (κ3) is 2.11. The summed E-state index contributed by atoms with van der Waals surface area (Å²) in [6.07, 6.45) is 10.5. The van der Waals surface area contributed by atoms with Gasteiger partial charge in [0.2, 0.25) is 0 Å². The van der Waals surface area contributed by atoms with Crippen LogP contribution in [0, 0.1) is 5.92 Å². The summed E-state index contributed by atoms with van der Waals surface area (Å²) in [6, 6.07) is 5.85. The molecule has 1 aromatic carbocycles. The molecule has 0 spiro atoms. The van der Waals surface area contributed by atoms with Crippen molar-refractivity contribution in [1.82, 2.24) is 24.3 Å². The van der Waals surface area contributed by atoms with Gasteiger partial charge in [0, 0.05) is 10.6 Å². The van der Waals surface area contributed by atoms with Crippen molar-refractivity contribution in [2.24, 2.45) is 5.92 Å². The Balaban J connectivity index is 1.73. The van der Waals surface area contributed by atoms with Crippen LogP contribution in [-0.4, -0.2) is 24.3 Å². The molecular weight excluding hydrogens is 310 g/mol. The maximum Gasteiger partial charge on any atom is 0.160 e. The molecule has 0 N–H and O–H groups in total. The average Bonchev–Trinajstić information content (AvgIpc) is 3.16. The molecule has 23 heavy (non-hydrogen) atoms. The average molecular weight is 324 g/mol. The molecule has 0 bridgehead atoms. The van der Waals surface area contributed by atoms with E-state index in [0.717, 1.165) is 34.4 Å². The quantitative estimate of drug-likeness (QED) is 0.566. The molecular formula is C17H14ClN5. The molecule has 114 valence electrons. The molecule has 3 heterocycles. The number of halogens is 1. The van der Waals surface area contributed by atoms with Crippen LogP contribution < -0.4 is 0 Å². The van der Waals surface area contributed by atoms with Crippen LogP contribution in [0.2, 0.25) is 5.02 Å². The molecule has 0 atom stereocenters. The first kappa shape index (κ1) is 13.1. The lowest BCUT2D eigenvalue weighted by Gasteiger charge is -2.08. The predicted octanol–water partition coefficient (Wildman–Crippen LogP) is 3.57. The van der Waals surface area contributed by atoms with Gasteiger partial charge in [-0.05, 0) is 43.0 Å². The fourth-order valence-corrected chi connectivity index (χ4v) is 3.21. The SMILES string of the molecule is Clc1ccc2c(c1)-c1ncnn1Cc1c(C=CC3CC3)ncn1-2. The maximum atomic E-state index is 6.19. The van der Waals surface area contributed by atoms with Crippen LogP contribution in [0.1, 0.15) is 24.2 Å². The number of rotatable bonds is 2. The number of hydrogen-bond donors (Lipinski definition) is 0. The van der Waals surface area contributed by atoms with Crippen LogP contribution >= 0.6 is 11.6 Å². The molecule has 1 aliphatic heterocycles. The Bertz CT molecular complexity index is 932. The minimum absolute atomic E-state index is 0.645. The van der Waals surface area contributed by atoms with E-state index < -0.39 is 0 Å². The Hall–Kier alpha value is -2.40. The zero-order valence-electron chi connectivity index (χ0n) is 12.4. The van der Waals surface area contributed by atoms with Crippen molar-refractivity contribution in [3.05, 3.63) is 53.3 Å². The predicted molar refractivity (Wildman–Crippen MR) is 88.5 cm³/mol. The van der Waals surface area contributed by atoms with Crippen molar-refractivity contribution in [2.45, 2.75) is 19.4 Å². The van der Waals surface area contributed by atoms with Crippen molar-refractivity contribution < 1.29 is 0 Å². The standard InChI is InChI=1S/C17H14ClN5/c18-12-4-6-15-13(7-12)17-19-9-21-23(17)8-16-14(20-10-22(15)16)5-3-11-1-2-11/h3-7,9-11H,1-2,8H2. The summed E-state index contributed by atoms with van der Waals surface area (Å²) in [5, 5.41) is 5.06. The monoisotopic (exact) mass is 323 g/mol. The van der Waals surface area contributed by atoms with E-state index in [4.69, 9.17) is 11.6 Å². The van der Waals surface area contributed by atoms with Gasteiger partial charge in [0.25, 0.3) is 0 Å². The molecule has 1 saturated carbocycles. The van der Waals surface area contributed by atoms with Gasteiger partial charge in [-0.15, -0.1) is 0 Å². The van der Waals surface area contributed by atoms with E-state index in [1.165, 1.54) is 12.8 Å². The first-order chi connectivity index (χ1) is 11.3. The van der Waals surface area contributed by atoms with Gasteiger partial charge >= 0.3 is 0 Å². The van der Waals surface area contributed by atoms with Gasteiger partial charge in [0.05, 0.1) is 23.6 Å². The highest BCUT2D eigenvalue weighted by atomic mass is 35.5. The van der Waals surface area contributed by atoms with Crippen LogP contribution in [-0.2, 0) is 6.54 Å². The van der Waals surface area contributed by atoms with Crippen LogP contribution in [0.4, 0.5) is 0 Å². The van der Waals surface area contributed by atoms with E-state index in [2.05, 4.69) is 31.8 Å². The minimum atomic E-state index is 0.645. The Morgan fingerprint density at radius 3 is 3.00 bits per heavy atom. The second-order valence-electron chi connectivity index (χ2n) is 6.05. The van der Waals surface area contributed by atoms with Crippen LogP contribution in [0.5, 0.6) is 0 Å². The summed E-state index contributed by atoms with van der Waals surface area (Å²) in [5.74, 6) is 1.56. The summed E-state index contributed by atoms with van der Waals surface area (Å²) in [4.78, 5) is 9.02. The Labute approximate surface area is 138 Å². The van der Waals surface area contributed by atoms with E-state index in [1.807, 2.05) is 29.2 Å². The smallest absolute Gasteiger partial charge is 0.160 e. The van der Waals surface area contributed by atoms with Gasteiger partial charge in [-0.3, -0.25) is 4.57 Å². The summed E-state index contributed by atoms with van der Waals surface area (Å²) in [7, 11) is 0. The molecule has 1 aliphatic carbocycles. The lowest BCUT2D eigenvalue weighted by atomic mass is 10.1. The van der Waals surface area contributed by atoms with Crippen LogP contribution in [0.25, 0.3) is 23.2 Å². The molecule has 5 nitrogen and oxygen atoms in total. The molecule has 0 amide bonds. The number of allylic oxidation sites excluding steroid dienone is 1. The molecule has 6 heteroatoms. The minimum Gasteiger partial charge on any atom is -0.300 e. The van der Waals surface area contributed by atoms with Gasteiger partial charge in [-0.2, -0.15) is 5.10 Å². The van der Waals surface area contributed by atoms with Gasteiger partial charge in [-0.25, -0.2) is 14.6 Å². The number of aromatic nitrogens is 5. The summed E-state index contributed by atoms with van der Waals surface area (Å²) >= 11 is 6.19. The third-order valence-electron chi connectivity index (χ3n) is 4.42. The first-order valence-electron chi connectivity index (χ1n) is 7.72. The van der Waals surface area contributed by atoms with Gasteiger partial charge in [0.15, 0.2) is 5.82 Å². The van der Waals surface area contributed by atoms with Crippen LogP contribution in [0.3, 0.4) is 0 Å².